The average Bonchev–Trinajstić information content (AvgIpc) is 2.84. The highest BCUT2D eigenvalue weighted by Gasteiger charge is 2.35. The number of nitrogens with zero attached hydrogens (tertiary/aromatic N) is 1. The highest BCUT2D eigenvalue weighted by Crippen LogP contribution is 2.38. The number of rotatable bonds is 5. The lowest BCUT2D eigenvalue weighted by atomic mass is 9.93. The number of hydrogen-bond acceptors (Lipinski definition) is 3. The molecule has 0 bridgehead atoms. The van der Waals surface area contributed by atoms with Crippen molar-refractivity contribution in [3.63, 3.8) is 0 Å². The Labute approximate surface area is 116 Å². The van der Waals surface area contributed by atoms with Gasteiger partial charge < -0.3 is 10.5 Å². The SMILES string of the molecule is CCOc1ccc(C2C(CN)CCN2C(C)C)cc1. The van der Waals surface area contributed by atoms with Gasteiger partial charge in [0, 0.05) is 12.1 Å². The van der Waals surface area contributed by atoms with Gasteiger partial charge in [-0.15, -0.1) is 0 Å². The molecule has 0 aromatic heterocycles. The molecular weight excluding hydrogens is 236 g/mol. The Balaban J connectivity index is 2.20. The van der Waals surface area contributed by atoms with Crippen LogP contribution in [0.15, 0.2) is 24.3 Å². The Morgan fingerprint density at radius 2 is 2.00 bits per heavy atom. The highest BCUT2D eigenvalue weighted by atomic mass is 16.5. The van der Waals surface area contributed by atoms with Gasteiger partial charge in [-0.25, -0.2) is 0 Å². The van der Waals surface area contributed by atoms with E-state index in [0.717, 1.165) is 18.8 Å². The molecular formula is C16H26N2O. The predicted molar refractivity (Wildman–Crippen MR) is 79.4 cm³/mol. The van der Waals surface area contributed by atoms with E-state index in [1.165, 1.54) is 12.0 Å². The Bertz CT molecular complexity index is 388. The fourth-order valence-electron chi connectivity index (χ4n) is 3.10. The van der Waals surface area contributed by atoms with Crippen molar-refractivity contribution < 1.29 is 4.74 Å². The molecule has 3 heteroatoms. The van der Waals surface area contributed by atoms with Gasteiger partial charge in [-0.2, -0.15) is 0 Å². The summed E-state index contributed by atoms with van der Waals surface area (Å²) >= 11 is 0. The van der Waals surface area contributed by atoms with Gasteiger partial charge in [0.25, 0.3) is 0 Å². The van der Waals surface area contributed by atoms with Crippen LogP contribution in [0.4, 0.5) is 0 Å². The van der Waals surface area contributed by atoms with Crippen molar-refractivity contribution in [1.82, 2.24) is 4.90 Å². The Morgan fingerprint density at radius 1 is 1.32 bits per heavy atom. The number of likely N-dealkylation sites (tertiary alicyclic amines) is 1. The molecule has 1 aliphatic heterocycles. The molecule has 1 saturated heterocycles. The van der Waals surface area contributed by atoms with E-state index in [4.69, 9.17) is 10.5 Å². The van der Waals surface area contributed by atoms with Gasteiger partial charge in [0.2, 0.25) is 0 Å². The van der Waals surface area contributed by atoms with Gasteiger partial charge >= 0.3 is 0 Å². The quantitative estimate of drug-likeness (QED) is 0.887. The summed E-state index contributed by atoms with van der Waals surface area (Å²) in [5, 5.41) is 0. The van der Waals surface area contributed by atoms with E-state index in [-0.39, 0.29) is 0 Å². The van der Waals surface area contributed by atoms with E-state index < -0.39 is 0 Å². The Morgan fingerprint density at radius 3 is 2.53 bits per heavy atom. The van der Waals surface area contributed by atoms with Gasteiger partial charge in [0.15, 0.2) is 0 Å². The van der Waals surface area contributed by atoms with Crippen LogP contribution in [0.25, 0.3) is 0 Å². The number of hydrogen-bond donors (Lipinski definition) is 1. The van der Waals surface area contributed by atoms with Crippen LogP contribution in [0.1, 0.15) is 38.8 Å². The van der Waals surface area contributed by atoms with Crippen molar-refractivity contribution in [1.29, 1.82) is 0 Å². The molecule has 1 fully saturated rings. The van der Waals surface area contributed by atoms with Gasteiger partial charge in [-0.3, -0.25) is 4.90 Å². The molecule has 0 amide bonds. The van der Waals surface area contributed by atoms with Crippen LogP contribution in [0.3, 0.4) is 0 Å². The van der Waals surface area contributed by atoms with Crippen molar-refractivity contribution in [2.24, 2.45) is 11.7 Å². The molecule has 0 radical (unpaired) electrons. The lowest BCUT2D eigenvalue weighted by Gasteiger charge is -2.31. The second-order valence-electron chi connectivity index (χ2n) is 5.56. The maximum absolute atomic E-state index is 5.95. The summed E-state index contributed by atoms with van der Waals surface area (Å²) in [4.78, 5) is 2.56. The summed E-state index contributed by atoms with van der Waals surface area (Å²) in [6.45, 7) is 9.17. The predicted octanol–water partition coefficient (Wildman–Crippen LogP) is 2.82. The molecule has 2 atom stereocenters. The molecule has 1 aromatic rings. The normalized spacial score (nSPS) is 24.1. The molecule has 3 nitrogen and oxygen atoms in total. The van der Waals surface area contributed by atoms with Crippen LogP contribution in [0.5, 0.6) is 5.75 Å². The van der Waals surface area contributed by atoms with Crippen LogP contribution in [-0.4, -0.2) is 30.6 Å². The molecule has 0 aliphatic carbocycles. The van der Waals surface area contributed by atoms with Crippen LogP contribution in [0.2, 0.25) is 0 Å². The molecule has 0 spiro atoms. The topological polar surface area (TPSA) is 38.5 Å². The molecule has 1 aliphatic rings. The zero-order chi connectivity index (χ0) is 13.8. The summed E-state index contributed by atoms with van der Waals surface area (Å²) in [6, 6.07) is 9.55. The average molecular weight is 262 g/mol. The maximum atomic E-state index is 5.95. The number of benzene rings is 1. The number of ether oxygens (including phenoxy) is 1. The lowest BCUT2D eigenvalue weighted by molar-refractivity contribution is 0.184. The first-order chi connectivity index (χ1) is 9.17. The summed E-state index contributed by atoms with van der Waals surface area (Å²) in [7, 11) is 0. The standard InChI is InChI=1S/C16H26N2O/c1-4-19-15-7-5-13(6-8-15)16-14(11-17)9-10-18(16)12(2)3/h5-8,12,14,16H,4,9-11,17H2,1-3H3. The zero-order valence-corrected chi connectivity index (χ0v) is 12.3. The fraction of sp³-hybridized carbons (Fsp3) is 0.625. The van der Waals surface area contributed by atoms with Crippen molar-refractivity contribution in [3.05, 3.63) is 29.8 Å². The van der Waals surface area contributed by atoms with Gasteiger partial charge in [-0.1, -0.05) is 12.1 Å². The monoisotopic (exact) mass is 262 g/mol. The summed E-state index contributed by atoms with van der Waals surface area (Å²) in [6.07, 6.45) is 1.20. The molecule has 1 heterocycles. The third-order valence-electron chi connectivity index (χ3n) is 4.06. The maximum Gasteiger partial charge on any atom is 0.119 e. The van der Waals surface area contributed by atoms with E-state index in [1.54, 1.807) is 0 Å². The van der Waals surface area contributed by atoms with E-state index >= 15 is 0 Å². The molecule has 2 N–H and O–H groups in total. The van der Waals surface area contributed by atoms with Crippen molar-refractivity contribution in [3.8, 4) is 5.75 Å². The third kappa shape index (κ3) is 3.10. The largest absolute Gasteiger partial charge is 0.494 e. The first kappa shape index (κ1) is 14.4. The zero-order valence-electron chi connectivity index (χ0n) is 12.3. The van der Waals surface area contributed by atoms with E-state index in [2.05, 4.69) is 43.0 Å². The Hall–Kier alpha value is -1.06. The molecule has 2 unspecified atom stereocenters. The van der Waals surface area contributed by atoms with E-state index in [1.807, 2.05) is 6.92 Å². The molecule has 106 valence electrons. The highest BCUT2D eigenvalue weighted by molar-refractivity contribution is 5.30. The first-order valence-corrected chi connectivity index (χ1v) is 7.36. The molecule has 2 rings (SSSR count). The smallest absolute Gasteiger partial charge is 0.119 e. The minimum Gasteiger partial charge on any atom is -0.494 e. The van der Waals surface area contributed by atoms with Gasteiger partial charge in [0.1, 0.15) is 5.75 Å². The Kier molecular flexibility index (Phi) is 4.83. The van der Waals surface area contributed by atoms with Crippen LogP contribution >= 0.6 is 0 Å². The second-order valence-corrected chi connectivity index (χ2v) is 5.56. The minimum absolute atomic E-state index is 0.459. The van der Waals surface area contributed by atoms with Crippen molar-refractivity contribution in [2.45, 2.75) is 39.3 Å². The number of nitrogens with two attached hydrogens (primary N) is 1. The van der Waals surface area contributed by atoms with Gasteiger partial charge in [0.05, 0.1) is 6.61 Å². The molecule has 19 heavy (non-hydrogen) atoms. The van der Waals surface area contributed by atoms with E-state index in [0.29, 0.717) is 24.6 Å². The summed E-state index contributed by atoms with van der Waals surface area (Å²) in [5.74, 6) is 1.52. The first-order valence-electron chi connectivity index (χ1n) is 7.36. The summed E-state index contributed by atoms with van der Waals surface area (Å²) < 4.78 is 5.51. The minimum atomic E-state index is 0.459. The van der Waals surface area contributed by atoms with Crippen molar-refractivity contribution >= 4 is 0 Å². The second kappa shape index (κ2) is 6.40. The van der Waals surface area contributed by atoms with Crippen LogP contribution in [-0.2, 0) is 0 Å². The third-order valence-corrected chi connectivity index (χ3v) is 4.06. The van der Waals surface area contributed by atoms with Gasteiger partial charge in [-0.05, 0) is 63.9 Å². The van der Waals surface area contributed by atoms with Crippen LogP contribution < -0.4 is 10.5 Å². The van der Waals surface area contributed by atoms with E-state index in [9.17, 15) is 0 Å². The summed E-state index contributed by atoms with van der Waals surface area (Å²) in [5.41, 5.74) is 7.32. The lowest BCUT2D eigenvalue weighted by Crippen LogP contribution is -2.33. The molecule has 0 saturated carbocycles. The molecule has 1 aromatic carbocycles. The van der Waals surface area contributed by atoms with Crippen molar-refractivity contribution in [2.75, 3.05) is 19.7 Å². The fourth-order valence-corrected chi connectivity index (χ4v) is 3.10. The van der Waals surface area contributed by atoms with Crippen LogP contribution in [0, 0.1) is 5.92 Å².